The quantitative estimate of drug-likeness (QED) is 0.0808. The Morgan fingerprint density at radius 3 is 1.02 bits per heavy atom. The highest BCUT2D eigenvalue weighted by atomic mass is 16.5. The summed E-state index contributed by atoms with van der Waals surface area (Å²) in [5.74, 6) is 1.57. The third-order valence-electron chi connectivity index (χ3n) is 11.8. The number of benzene rings is 6. The van der Waals surface area contributed by atoms with Crippen LogP contribution in [-0.2, 0) is 36.5 Å². The van der Waals surface area contributed by atoms with Gasteiger partial charge in [-0.25, -0.2) is 9.59 Å². The number of carbonyl (C=O) groups is 2. The topological polar surface area (TPSA) is 141 Å². The Morgan fingerprint density at radius 1 is 0.455 bits per heavy atom. The van der Waals surface area contributed by atoms with E-state index in [4.69, 9.17) is 9.47 Å². The van der Waals surface area contributed by atoms with Crippen molar-refractivity contribution in [3.05, 3.63) is 165 Å². The number of hydrogen-bond acceptors (Lipinski definition) is 6. The summed E-state index contributed by atoms with van der Waals surface area (Å²) < 4.78 is 13.3. The second-order valence-corrected chi connectivity index (χ2v) is 19.3. The Kier molecular flexibility index (Phi) is 14.3. The lowest BCUT2D eigenvalue weighted by atomic mass is 9.81. The number of ether oxygens (including phenoxy) is 2. The molecule has 7 rings (SSSR count). The third-order valence-corrected chi connectivity index (χ3v) is 11.8. The Bertz CT molecular complexity index is 2420. The van der Waals surface area contributed by atoms with Crippen LogP contribution >= 0.6 is 0 Å². The van der Waals surface area contributed by atoms with E-state index in [1.807, 2.05) is 84.9 Å². The number of aromatic hydroxyl groups is 2. The minimum Gasteiger partial charge on any atom is -0.507 e. The second-order valence-electron chi connectivity index (χ2n) is 19.3. The van der Waals surface area contributed by atoms with Gasteiger partial charge in [-0.2, -0.15) is 0 Å². The molecule has 0 fully saturated rings. The molecule has 0 spiro atoms. The summed E-state index contributed by atoms with van der Waals surface area (Å²) in [6.07, 6.45) is 2.61. The highest BCUT2D eigenvalue weighted by Gasteiger charge is 2.27. The number of anilines is 4. The van der Waals surface area contributed by atoms with Gasteiger partial charge in [-0.3, -0.25) is 0 Å². The predicted octanol–water partition coefficient (Wildman–Crippen LogP) is 13.2. The Labute approximate surface area is 389 Å². The highest BCUT2D eigenvalue weighted by molar-refractivity contribution is 6.00. The van der Waals surface area contributed by atoms with Gasteiger partial charge in [-0.15, -0.1) is 0 Å². The van der Waals surface area contributed by atoms with Crippen molar-refractivity contribution in [2.24, 2.45) is 0 Å². The molecule has 0 unspecified atom stereocenters. The van der Waals surface area contributed by atoms with Crippen LogP contribution in [0.25, 0.3) is 0 Å². The van der Waals surface area contributed by atoms with Gasteiger partial charge in [0, 0.05) is 70.7 Å². The number of fused-ring (bicyclic) bond motifs is 8. The van der Waals surface area contributed by atoms with Crippen molar-refractivity contribution < 1.29 is 29.3 Å². The summed E-state index contributed by atoms with van der Waals surface area (Å²) in [5, 5.41) is 37.0. The first kappa shape index (κ1) is 47.0. The molecule has 66 heavy (non-hydrogen) atoms. The van der Waals surface area contributed by atoms with Crippen LogP contribution in [0.1, 0.15) is 124 Å². The fourth-order valence-electron chi connectivity index (χ4n) is 8.33. The van der Waals surface area contributed by atoms with Crippen LogP contribution in [0.3, 0.4) is 0 Å². The van der Waals surface area contributed by atoms with Gasteiger partial charge < -0.3 is 41.0 Å². The van der Waals surface area contributed by atoms with E-state index in [0.717, 1.165) is 46.2 Å². The molecule has 0 saturated carbocycles. The van der Waals surface area contributed by atoms with E-state index in [1.165, 1.54) is 0 Å². The molecule has 0 aromatic heterocycles. The van der Waals surface area contributed by atoms with Gasteiger partial charge in [0.2, 0.25) is 0 Å². The average molecular weight is 889 g/mol. The molecule has 8 bridgehead atoms. The Morgan fingerprint density at radius 2 is 0.742 bits per heavy atom. The molecule has 4 amide bonds. The van der Waals surface area contributed by atoms with Crippen molar-refractivity contribution in [3.63, 3.8) is 0 Å². The SMILES string of the molecule is CCCOc1c2cc(NC(=O)Nc3ccccc3)cc1Cc1cc(C(C)(C)C)cc(c1O)Cc1cc(NC(=O)Nc3ccccc3)cc(c1OCCC)Cc1cc(C(C)(C)C)cc(c1O)C2. The number of phenolic OH excluding ortho intramolecular Hbond substituents is 2. The normalized spacial score (nSPS) is 12.5. The summed E-state index contributed by atoms with van der Waals surface area (Å²) in [7, 11) is 0. The zero-order chi connectivity index (χ0) is 47.2. The lowest BCUT2D eigenvalue weighted by Gasteiger charge is -2.26. The lowest BCUT2D eigenvalue weighted by Crippen LogP contribution is -2.20. The average Bonchev–Trinajstić information content (AvgIpc) is 3.25. The van der Waals surface area contributed by atoms with Crippen molar-refractivity contribution in [1.29, 1.82) is 0 Å². The van der Waals surface area contributed by atoms with Crippen LogP contribution in [0, 0.1) is 0 Å². The summed E-state index contributed by atoms with van der Waals surface area (Å²) in [4.78, 5) is 27.1. The molecule has 10 nitrogen and oxygen atoms in total. The minimum absolute atomic E-state index is 0.138. The van der Waals surface area contributed by atoms with Crippen LogP contribution < -0.4 is 30.7 Å². The first-order valence-electron chi connectivity index (χ1n) is 23.0. The molecule has 0 aliphatic heterocycles. The lowest BCUT2D eigenvalue weighted by molar-refractivity contribution is 0.261. The van der Waals surface area contributed by atoms with E-state index < -0.39 is 12.1 Å². The molecule has 1 aliphatic rings. The predicted molar refractivity (Wildman–Crippen MR) is 267 cm³/mol. The molecular formula is C56H64N4O6. The van der Waals surface area contributed by atoms with Crippen molar-refractivity contribution in [1.82, 2.24) is 0 Å². The van der Waals surface area contributed by atoms with Crippen molar-refractivity contribution in [2.75, 3.05) is 34.5 Å². The number of hydrogen-bond donors (Lipinski definition) is 6. The van der Waals surface area contributed by atoms with E-state index in [1.54, 1.807) is 0 Å². The van der Waals surface area contributed by atoms with E-state index in [9.17, 15) is 19.8 Å². The molecular weight excluding hydrogens is 825 g/mol. The molecule has 1 aliphatic carbocycles. The minimum atomic E-state index is -0.407. The largest absolute Gasteiger partial charge is 0.507 e. The van der Waals surface area contributed by atoms with Gasteiger partial charge in [-0.05, 0) is 106 Å². The summed E-state index contributed by atoms with van der Waals surface area (Å²) in [6, 6.07) is 33.6. The molecule has 0 saturated heterocycles. The molecule has 0 atom stereocenters. The van der Waals surface area contributed by atoms with Crippen molar-refractivity contribution >= 4 is 34.8 Å². The van der Waals surface area contributed by atoms with E-state index in [0.29, 0.717) is 69.7 Å². The molecule has 0 radical (unpaired) electrons. The van der Waals surface area contributed by atoms with Crippen LogP contribution in [0.2, 0.25) is 0 Å². The standard InChI is InChI=1S/C56H64N4O6/c1-9-21-65-51-39-23-35-27-43(55(3,4)5)29-37(49(35)61)25-41-33-48(60-54(64)58-46-19-15-12-16-20-46)34-42(52(41)66-22-10-2)26-38-30-44(56(6,7)8)28-36(50(38)62)24-40(51)32-47(31-39)59-53(63)57-45-17-13-11-14-18-45/h11-20,27-34,61-62H,9-10,21-26H2,1-8H3,(H2,57,59,63)(H2,58,60,64). The number of amides is 4. The van der Waals surface area contributed by atoms with E-state index >= 15 is 0 Å². The third kappa shape index (κ3) is 11.5. The number of phenols is 2. The summed E-state index contributed by atoms with van der Waals surface area (Å²) in [5.41, 5.74) is 9.71. The molecule has 0 heterocycles. The van der Waals surface area contributed by atoms with Crippen LogP contribution in [0.4, 0.5) is 32.3 Å². The summed E-state index contributed by atoms with van der Waals surface area (Å²) >= 11 is 0. The van der Waals surface area contributed by atoms with Gasteiger partial charge in [0.1, 0.15) is 23.0 Å². The summed E-state index contributed by atoms with van der Waals surface area (Å²) in [6.45, 7) is 17.9. The first-order chi connectivity index (χ1) is 31.5. The Hall–Kier alpha value is -6.94. The molecule has 344 valence electrons. The van der Waals surface area contributed by atoms with Gasteiger partial charge in [0.25, 0.3) is 0 Å². The number of para-hydroxylation sites is 2. The molecule has 6 aromatic rings. The van der Waals surface area contributed by atoms with Gasteiger partial charge in [-0.1, -0.05) is 116 Å². The molecule has 6 aromatic carbocycles. The van der Waals surface area contributed by atoms with Crippen molar-refractivity contribution in [2.45, 2.75) is 105 Å². The zero-order valence-electron chi connectivity index (χ0n) is 39.6. The number of nitrogens with one attached hydrogen (secondary N) is 4. The van der Waals surface area contributed by atoms with Gasteiger partial charge >= 0.3 is 12.1 Å². The van der Waals surface area contributed by atoms with Gasteiger partial charge in [0.05, 0.1) is 13.2 Å². The fourth-order valence-corrected chi connectivity index (χ4v) is 8.33. The van der Waals surface area contributed by atoms with E-state index in [2.05, 4.69) is 101 Å². The van der Waals surface area contributed by atoms with Crippen molar-refractivity contribution in [3.8, 4) is 23.0 Å². The van der Waals surface area contributed by atoms with Crippen LogP contribution in [-0.4, -0.2) is 35.5 Å². The number of rotatable bonds is 10. The van der Waals surface area contributed by atoms with Gasteiger partial charge in [0.15, 0.2) is 0 Å². The second kappa shape index (κ2) is 20.1. The van der Waals surface area contributed by atoms with E-state index in [-0.39, 0.29) is 48.0 Å². The smallest absolute Gasteiger partial charge is 0.323 e. The van der Waals surface area contributed by atoms with Crippen LogP contribution in [0.15, 0.2) is 109 Å². The van der Waals surface area contributed by atoms with Crippen LogP contribution in [0.5, 0.6) is 23.0 Å². The zero-order valence-corrected chi connectivity index (χ0v) is 39.6. The Balaban J connectivity index is 1.47. The molecule has 10 heteroatoms. The first-order valence-corrected chi connectivity index (χ1v) is 23.0. The monoisotopic (exact) mass is 888 g/mol. The fraction of sp³-hybridized carbons (Fsp3) is 0.321. The maximum Gasteiger partial charge on any atom is 0.323 e. The highest BCUT2D eigenvalue weighted by Crippen LogP contribution is 2.43. The number of urea groups is 2. The maximum absolute atomic E-state index is 13.6. The maximum atomic E-state index is 13.6. The number of carbonyl (C=O) groups excluding carboxylic acids is 2. The molecule has 6 N–H and O–H groups in total.